The minimum absolute atomic E-state index is 0.0135. The molecule has 0 aromatic carbocycles. The van der Waals surface area contributed by atoms with E-state index in [-0.39, 0.29) is 31.4 Å². The topological polar surface area (TPSA) is 133 Å². The van der Waals surface area contributed by atoms with E-state index < -0.39 is 18.0 Å². The lowest BCUT2D eigenvalue weighted by atomic mass is 9.84. The molecule has 2 unspecified atom stereocenters. The summed E-state index contributed by atoms with van der Waals surface area (Å²) in [5.41, 5.74) is 1.92. The summed E-state index contributed by atoms with van der Waals surface area (Å²) in [5, 5.41) is 6.33. The average molecular weight is 424 g/mol. The van der Waals surface area contributed by atoms with E-state index in [1.54, 1.807) is 13.8 Å². The van der Waals surface area contributed by atoms with Crippen LogP contribution in [0.15, 0.2) is 9.81 Å². The number of nitrogens with one attached hydrogen (secondary N) is 1. The van der Waals surface area contributed by atoms with E-state index >= 15 is 0 Å². The van der Waals surface area contributed by atoms with E-state index in [2.05, 4.69) is 15.4 Å². The minimum atomic E-state index is -0.748. The van der Waals surface area contributed by atoms with Crippen LogP contribution in [0.3, 0.4) is 0 Å². The van der Waals surface area contributed by atoms with Crippen LogP contribution in [0.1, 0.15) is 89.3 Å². The molecule has 1 aliphatic rings. The van der Waals surface area contributed by atoms with Gasteiger partial charge >= 0.3 is 5.97 Å². The Labute approximate surface area is 176 Å². The predicted octanol–water partition coefficient (Wildman–Crippen LogP) is 3.56. The molecule has 1 aromatic rings. The van der Waals surface area contributed by atoms with Crippen molar-refractivity contribution < 1.29 is 23.6 Å². The Bertz CT molecular complexity index is 674. The molecule has 1 N–H and O–H groups in total. The second kappa shape index (κ2) is 13.0. The number of hydrogen-bond donors (Lipinski definition) is 1. The van der Waals surface area contributed by atoms with Crippen LogP contribution in [-0.4, -0.2) is 34.7 Å². The summed E-state index contributed by atoms with van der Waals surface area (Å²) in [6, 6.07) is 0. The fourth-order valence-corrected chi connectivity index (χ4v) is 3.78. The maximum Gasteiger partial charge on any atom is 0.334 e. The lowest BCUT2D eigenvalue weighted by Gasteiger charge is -2.22. The molecule has 1 amide bonds. The van der Waals surface area contributed by atoms with Gasteiger partial charge in [-0.05, 0) is 26.2 Å². The number of carbonyl (C=O) groups is 2. The van der Waals surface area contributed by atoms with Gasteiger partial charge in [0.2, 0.25) is 11.8 Å². The second-order valence-corrected chi connectivity index (χ2v) is 7.72. The molecule has 0 radical (unpaired) electrons. The van der Waals surface area contributed by atoms with Crippen LogP contribution in [0.5, 0.6) is 0 Å². The number of aromatic nitrogens is 2. The predicted molar refractivity (Wildman–Crippen MR) is 107 cm³/mol. The van der Waals surface area contributed by atoms with E-state index in [0.717, 1.165) is 18.8 Å². The second-order valence-electron chi connectivity index (χ2n) is 7.72. The third kappa shape index (κ3) is 8.17. The van der Waals surface area contributed by atoms with Crippen molar-refractivity contribution in [2.24, 2.45) is 11.2 Å². The molecular weight excluding hydrogens is 392 g/mol. The van der Waals surface area contributed by atoms with Crippen molar-refractivity contribution in [2.45, 2.75) is 90.3 Å². The van der Waals surface area contributed by atoms with E-state index in [1.165, 1.54) is 32.1 Å². The Kier molecular flexibility index (Phi) is 10.4. The zero-order chi connectivity index (χ0) is 21.8. The molecule has 30 heavy (non-hydrogen) atoms. The Hall–Kier alpha value is -2.36. The van der Waals surface area contributed by atoms with Crippen molar-refractivity contribution in [2.75, 3.05) is 6.61 Å². The molecule has 168 valence electrons. The Morgan fingerprint density at radius 3 is 2.77 bits per heavy atom. The molecular formula is C20H32N4O6. The number of amides is 1. The van der Waals surface area contributed by atoms with E-state index in [1.807, 2.05) is 5.43 Å². The molecule has 0 aliphatic heterocycles. The molecule has 2 rings (SSSR count). The van der Waals surface area contributed by atoms with Crippen molar-refractivity contribution in [3.63, 3.8) is 0 Å². The van der Waals surface area contributed by atoms with Gasteiger partial charge in [-0.25, -0.2) is 10.2 Å². The first kappa shape index (κ1) is 23.9. The zero-order valence-corrected chi connectivity index (χ0v) is 17.8. The summed E-state index contributed by atoms with van der Waals surface area (Å²) in [6.45, 7) is 3.57. The van der Waals surface area contributed by atoms with Gasteiger partial charge in [-0.3, -0.25) is 4.79 Å². The number of carbonyl (C=O) groups excluding carboxylic acids is 2. The van der Waals surface area contributed by atoms with Gasteiger partial charge in [0.05, 0.1) is 11.9 Å². The average Bonchev–Trinajstić information content (AvgIpc) is 3.21. The number of ether oxygens (including phenoxy) is 2. The lowest BCUT2D eigenvalue weighted by Crippen LogP contribution is -2.23. The maximum absolute atomic E-state index is 11.9. The quantitative estimate of drug-likeness (QED) is 0.289. The van der Waals surface area contributed by atoms with Crippen molar-refractivity contribution >= 4 is 11.9 Å². The highest BCUT2D eigenvalue weighted by Gasteiger charge is 2.24. The molecule has 10 heteroatoms. The van der Waals surface area contributed by atoms with Crippen LogP contribution in [0, 0.1) is 10.8 Å². The Balaban J connectivity index is 1.91. The van der Waals surface area contributed by atoms with Crippen molar-refractivity contribution in [3.8, 4) is 0 Å². The largest absolute Gasteiger partial charge is 0.464 e. The first-order valence-electron chi connectivity index (χ1n) is 10.7. The Morgan fingerprint density at radius 1 is 1.30 bits per heavy atom. The van der Waals surface area contributed by atoms with Gasteiger partial charge in [0.1, 0.15) is 6.61 Å². The van der Waals surface area contributed by atoms with Crippen molar-refractivity contribution in [1.29, 1.82) is 0 Å². The summed E-state index contributed by atoms with van der Waals surface area (Å²) in [5.74, 6) is 0.0915. The van der Waals surface area contributed by atoms with Gasteiger partial charge in [-0.2, -0.15) is 4.98 Å². The smallest absolute Gasteiger partial charge is 0.334 e. The van der Waals surface area contributed by atoms with E-state index in [0.29, 0.717) is 12.3 Å². The minimum Gasteiger partial charge on any atom is -0.464 e. The summed E-state index contributed by atoms with van der Waals surface area (Å²) in [4.78, 5) is 38.1. The highest BCUT2D eigenvalue weighted by atomic mass is 16.6. The SMILES string of the molecule is CCOC(=O)C(C)OCc1noc(C(CCCC2CCCCC2)CC(=O)NN=O)n1. The molecule has 0 bridgehead atoms. The van der Waals surface area contributed by atoms with Crippen molar-refractivity contribution in [1.82, 2.24) is 15.6 Å². The van der Waals surface area contributed by atoms with Crippen molar-refractivity contribution in [3.05, 3.63) is 16.6 Å². The summed E-state index contributed by atoms with van der Waals surface area (Å²) in [6.07, 6.45) is 8.46. The molecule has 1 fully saturated rings. The molecule has 1 aliphatic carbocycles. The van der Waals surface area contributed by atoms with Gasteiger partial charge in [0.15, 0.2) is 11.9 Å². The number of nitrogens with zero attached hydrogens (tertiary/aromatic N) is 3. The summed E-state index contributed by atoms with van der Waals surface area (Å²) >= 11 is 0. The van der Waals surface area contributed by atoms with E-state index in [9.17, 15) is 14.5 Å². The molecule has 1 saturated carbocycles. The van der Waals surface area contributed by atoms with E-state index in [4.69, 9.17) is 14.0 Å². The number of nitroso groups, excluding NO2 is 1. The fourth-order valence-electron chi connectivity index (χ4n) is 3.78. The number of hydrogen-bond acceptors (Lipinski definition) is 9. The van der Waals surface area contributed by atoms with Gasteiger partial charge in [-0.15, -0.1) is 4.91 Å². The summed E-state index contributed by atoms with van der Waals surface area (Å²) in [7, 11) is 0. The maximum atomic E-state index is 11.9. The van der Waals surface area contributed by atoms with Crippen LogP contribution < -0.4 is 5.43 Å². The summed E-state index contributed by atoms with van der Waals surface area (Å²) < 4.78 is 15.7. The number of esters is 1. The van der Waals surface area contributed by atoms with Gasteiger partial charge in [0, 0.05) is 12.3 Å². The van der Waals surface area contributed by atoms with Crippen LogP contribution in [0.4, 0.5) is 0 Å². The lowest BCUT2D eigenvalue weighted by molar-refractivity contribution is -0.156. The fraction of sp³-hybridized carbons (Fsp3) is 0.800. The third-order valence-electron chi connectivity index (χ3n) is 5.41. The first-order valence-corrected chi connectivity index (χ1v) is 10.7. The normalized spacial score (nSPS) is 16.6. The highest BCUT2D eigenvalue weighted by molar-refractivity contribution is 5.76. The van der Waals surface area contributed by atoms with Crippen LogP contribution in [-0.2, 0) is 25.7 Å². The van der Waals surface area contributed by atoms with Crippen LogP contribution >= 0.6 is 0 Å². The molecule has 10 nitrogen and oxygen atoms in total. The van der Waals surface area contributed by atoms with Crippen LogP contribution in [0.25, 0.3) is 0 Å². The molecule has 2 atom stereocenters. The Morgan fingerprint density at radius 2 is 2.07 bits per heavy atom. The number of rotatable bonds is 13. The molecule has 1 heterocycles. The van der Waals surface area contributed by atoms with Gasteiger partial charge < -0.3 is 14.0 Å². The van der Waals surface area contributed by atoms with Gasteiger partial charge in [-0.1, -0.05) is 50.1 Å². The van der Waals surface area contributed by atoms with Crippen LogP contribution in [0.2, 0.25) is 0 Å². The molecule has 0 spiro atoms. The first-order chi connectivity index (χ1) is 14.5. The molecule has 1 aromatic heterocycles. The standard InChI is InChI=1S/C20H32N4O6/c1-3-28-20(26)14(2)29-13-17-21-19(30-23-17)16(12-18(25)22-24-27)11-7-10-15-8-5-4-6-9-15/h14-16H,3-13H2,1-2H3,(H,22,25,27). The van der Waals surface area contributed by atoms with Gasteiger partial charge in [0.25, 0.3) is 0 Å². The highest BCUT2D eigenvalue weighted by Crippen LogP contribution is 2.31. The monoisotopic (exact) mass is 424 g/mol. The molecule has 0 saturated heterocycles. The third-order valence-corrected chi connectivity index (χ3v) is 5.41. The zero-order valence-electron chi connectivity index (χ0n) is 17.8.